The lowest BCUT2D eigenvalue weighted by molar-refractivity contribution is 0.300. The van der Waals surface area contributed by atoms with Gasteiger partial charge < -0.3 is 5.73 Å². The molecule has 0 spiro atoms. The Bertz CT molecular complexity index is 81.2. The summed E-state index contributed by atoms with van der Waals surface area (Å²) in [4.78, 5) is 0. The molecule has 1 heteroatoms. The lowest BCUT2D eigenvalue weighted by Gasteiger charge is -2.26. The minimum atomic E-state index is 0.287. The topological polar surface area (TPSA) is 26.0 Å². The first-order valence-electron chi connectivity index (χ1n) is 4.24. The van der Waals surface area contributed by atoms with Gasteiger partial charge in [-0.2, -0.15) is 0 Å². The van der Waals surface area contributed by atoms with E-state index >= 15 is 0 Å². The molecule has 0 aromatic heterocycles. The predicted molar refractivity (Wildman–Crippen MR) is 47.0 cm³/mol. The van der Waals surface area contributed by atoms with Crippen molar-refractivity contribution in [3.8, 4) is 0 Å². The highest BCUT2D eigenvalue weighted by Gasteiger charge is 2.19. The van der Waals surface area contributed by atoms with E-state index in [2.05, 4.69) is 27.7 Å². The van der Waals surface area contributed by atoms with E-state index in [9.17, 15) is 0 Å². The van der Waals surface area contributed by atoms with Crippen molar-refractivity contribution in [2.75, 3.05) is 0 Å². The van der Waals surface area contributed by atoms with Crippen LogP contribution in [-0.4, -0.2) is 6.04 Å². The molecule has 2 N–H and O–H groups in total. The van der Waals surface area contributed by atoms with E-state index in [1.54, 1.807) is 0 Å². The molecule has 1 atom stereocenters. The molecule has 0 unspecified atom stereocenters. The van der Waals surface area contributed by atoms with Crippen molar-refractivity contribution in [1.82, 2.24) is 0 Å². The largest absolute Gasteiger partial charge is 0.327 e. The molecule has 1 nitrogen and oxygen atoms in total. The summed E-state index contributed by atoms with van der Waals surface area (Å²) in [7, 11) is 0. The van der Waals surface area contributed by atoms with Gasteiger partial charge in [-0.15, -0.1) is 0 Å². The second-order valence-electron chi connectivity index (χ2n) is 4.11. The van der Waals surface area contributed by atoms with E-state index in [1.165, 1.54) is 19.3 Å². The van der Waals surface area contributed by atoms with Crippen molar-refractivity contribution >= 4 is 0 Å². The first-order chi connectivity index (χ1) is 4.48. The summed E-state index contributed by atoms with van der Waals surface area (Å²) in [5, 5.41) is 0. The average Bonchev–Trinajstić information content (AvgIpc) is 1.80. The van der Waals surface area contributed by atoms with Crippen LogP contribution < -0.4 is 5.73 Å². The molecule has 0 amide bonds. The van der Waals surface area contributed by atoms with Gasteiger partial charge in [-0.3, -0.25) is 0 Å². The Kier molecular flexibility index (Phi) is 3.95. The molecule has 0 heterocycles. The second-order valence-corrected chi connectivity index (χ2v) is 4.11. The van der Waals surface area contributed by atoms with Gasteiger partial charge in [0.15, 0.2) is 0 Å². The lowest BCUT2D eigenvalue weighted by atomic mass is 9.84. The molecule has 62 valence electrons. The molecule has 0 aromatic carbocycles. The van der Waals surface area contributed by atoms with E-state index in [0.717, 1.165) is 0 Å². The normalized spacial score (nSPS) is 15.3. The molecule has 0 saturated carbocycles. The minimum Gasteiger partial charge on any atom is -0.327 e. The van der Waals surface area contributed by atoms with Crippen LogP contribution in [0.1, 0.15) is 47.0 Å². The van der Waals surface area contributed by atoms with E-state index in [1.807, 2.05) is 0 Å². The Hall–Kier alpha value is -0.0400. The van der Waals surface area contributed by atoms with Gasteiger partial charge in [-0.05, 0) is 11.8 Å². The average molecular weight is 143 g/mol. The fourth-order valence-electron chi connectivity index (χ4n) is 0.857. The van der Waals surface area contributed by atoms with Crippen molar-refractivity contribution in [2.24, 2.45) is 11.1 Å². The molecular formula is C9H21N. The molecule has 0 rings (SSSR count). The number of nitrogens with two attached hydrogens (primary N) is 1. The molecule has 0 bridgehead atoms. The highest BCUT2D eigenvalue weighted by Crippen LogP contribution is 2.20. The summed E-state index contributed by atoms with van der Waals surface area (Å²) in [6.45, 7) is 8.81. The van der Waals surface area contributed by atoms with Crippen LogP contribution in [0.4, 0.5) is 0 Å². The Labute approximate surface area is 65.0 Å². The molecule has 10 heavy (non-hydrogen) atoms. The Balaban J connectivity index is 3.52. The van der Waals surface area contributed by atoms with Gasteiger partial charge in [0.1, 0.15) is 0 Å². The second kappa shape index (κ2) is 3.97. The Morgan fingerprint density at radius 2 is 1.80 bits per heavy atom. The van der Waals surface area contributed by atoms with Crippen molar-refractivity contribution in [1.29, 1.82) is 0 Å². The molecule has 0 fully saturated rings. The van der Waals surface area contributed by atoms with Crippen LogP contribution in [-0.2, 0) is 0 Å². The molecule has 0 aliphatic rings. The summed E-state index contributed by atoms with van der Waals surface area (Å²) in [6, 6.07) is 0.368. The van der Waals surface area contributed by atoms with Gasteiger partial charge in [-0.25, -0.2) is 0 Å². The van der Waals surface area contributed by atoms with E-state index in [4.69, 9.17) is 5.73 Å². The Morgan fingerprint density at radius 1 is 1.30 bits per heavy atom. The van der Waals surface area contributed by atoms with Crippen molar-refractivity contribution in [2.45, 2.75) is 53.0 Å². The number of hydrogen-bond acceptors (Lipinski definition) is 1. The Morgan fingerprint density at radius 3 is 2.10 bits per heavy atom. The van der Waals surface area contributed by atoms with Crippen LogP contribution in [0.3, 0.4) is 0 Å². The zero-order valence-corrected chi connectivity index (χ0v) is 7.78. The van der Waals surface area contributed by atoms with Crippen LogP contribution in [0, 0.1) is 5.41 Å². The summed E-state index contributed by atoms with van der Waals surface area (Å²) in [6.07, 6.45) is 3.68. The van der Waals surface area contributed by atoms with Crippen LogP contribution in [0.5, 0.6) is 0 Å². The highest BCUT2D eigenvalue weighted by atomic mass is 14.7. The zero-order valence-electron chi connectivity index (χ0n) is 7.78. The van der Waals surface area contributed by atoms with Crippen molar-refractivity contribution < 1.29 is 0 Å². The molecule has 0 aliphatic heterocycles. The summed E-state index contributed by atoms with van der Waals surface area (Å²) < 4.78 is 0. The maximum absolute atomic E-state index is 5.94. The first-order valence-corrected chi connectivity index (χ1v) is 4.24. The summed E-state index contributed by atoms with van der Waals surface area (Å²) in [5.74, 6) is 0. The van der Waals surface area contributed by atoms with Crippen LogP contribution in [0.25, 0.3) is 0 Å². The van der Waals surface area contributed by atoms with E-state index in [-0.39, 0.29) is 5.41 Å². The molecule has 0 aliphatic carbocycles. The lowest BCUT2D eigenvalue weighted by Crippen LogP contribution is -2.34. The van der Waals surface area contributed by atoms with Gasteiger partial charge >= 0.3 is 0 Å². The monoisotopic (exact) mass is 143 g/mol. The maximum Gasteiger partial charge on any atom is 0.00876 e. The fourth-order valence-corrected chi connectivity index (χ4v) is 0.857. The molecule has 0 aromatic rings. The van der Waals surface area contributed by atoms with Crippen LogP contribution in [0.2, 0.25) is 0 Å². The standard InChI is InChI=1S/C9H21N/c1-5-6-7-8(10)9(2,3)4/h8H,5-7,10H2,1-4H3/t8-/m1/s1. The zero-order chi connectivity index (χ0) is 8.20. The van der Waals surface area contributed by atoms with Crippen LogP contribution in [0.15, 0.2) is 0 Å². The molecule has 0 radical (unpaired) electrons. The van der Waals surface area contributed by atoms with Crippen molar-refractivity contribution in [3.63, 3.8) is 0 Å². The summed E-state index contributed by atoms with van der Waals surface area (Å²) >= 11 is 0. The minimum absolute atomic E-state index is 0.287. The molecule has 0 saturated heterocycles. The van der Waals surface area contributed by atoms with Gasteiger partial charge in [0.25, 0.3) is 0 Å². The predicted octanol–water partition coefficient (Wildman–Crippen LogP) is 2.55. The van der Waals surface area contributed by atoms with Gasteiger partial charge in [0, 0.05) is 6.04 Å². The fraction of sp³-hybridized carbons (Fsp3) is 1.00. The number of rotatable bonds is 3. The third-order valence-corrected chi connectivity index (χ3v) is 1.98. The van der Waals surface area contributed by atoms with E-state index < -0.39 is 0 Å². The van der Waals surface area contributed by atoms with Gasteiger partial charge in [-0.1, -0.05) is 40.5 Å². The maximum atomic E-state index is 5.94. The quantitative estimate of drug-likeness (QED) is 0.645. The van der Waals surface area contributed by atoms with Gasteiger partial charge in [0.05, 0.1) is 0 Å². The SMILES string of the molecule is CCCC[C@@H](N)C(C)(C)C. The van der Waals surface area contributed by atoms with Crippen molar-refractivity contribution in [3.05, 3.63) is 0 Å². The molecular weight excluding hydrogens is 122 g/mol. The smallest absolute Gasteiger partial charge is 0.00876 e. The number of hydrogen-bond donors (Lipinski definition) is 1. The highest BCUT2D eigenvalue weighted by molar-refractivity contribution is 4.76. The number of unbranched alkanes of at least 4 members (excludes halogenated alkanes) is 1. The third-order valence-electron chi connectivity index (χ3n) is 1.98. The van der Waals surface area contributed by atoms with E-state index in [0.29, 0.717) is 6.04 Å². The summed E-state index contributed by atoms with van der Waals surface area (Å²) in [5.41, 5.74) is 6.22. The van der Waals surface area contributed by atoms with Crippen LogP contribution >= 0.6 is 0 Å². The van der Waals surface area contributed by atoms with Gasteiger partial charge in [0.2, 0.25) is 0 Å². The first kappa shape index (κ1) is 9.96. The third kappa shape index (κ3) is 3.89.